The molecule has 0 aliphatic rings. The third kappa shape index (κ3) is 3.52. The lowest BCUT2D eigenvalue weighted by Gasteiger charge is -2.13. The molecule has 6 heteroatoms. The molecule has 0 radical (unpaired) electrons. The van der Waals surface area contributed by atoms with Crippen molar-refractivity contribution in [2.45, 2.75) is 20.3 Å². The summed E-state index contributed by atoms with van der Waals surface area (Å²) in [5.41, 5.74) is 0.300. The van der Waals surface area contributed by atoms with E-state index in [9.17, 15) is 9.59 Å². The first-order valence-electron chi connectivity index (χ1n) is 5.48. The van der Waals surface area contributed by atoms with E-state index in [1.165, 1.54) is 0 Å². The summed E-state index contributed by atoms with van der Waals surface area (Å²) in [6, 6.07) is 0. The molecule has 1 aromatic heterocycles. The lowest BCUT2D eigenvalue weighted by atomic mass is 10.4. The molecule has 1 amide bonds. The fourth-order valence-corrected chi connectivity index (χ4v) is 1.97. The van der Waals surface area contributed by atoms with Crippen molar-refractivity contribution in [1.82, 2.24) is 9.88 Å². The van der Waals surface area contributed by atoms with Crippen LogP contribution in [0.3, 0.4) is 0 Å². The van der Waals surface area contributed by atoms with Gasteiger partial charge in [0.2, 0.25) is 5.01 Å². The van der Waals surface area contributed by atoms with Crippen LogP contribution in [0, 0.1) is 0 Å². The highest BCUT2D eigenvalue weighted by molar-refractivity contribution is 7.11. The van der Waals surface area contributed by atoms with Crippen LogP contribution in [0.4, 0.5) is 0 Å². The Morgan fingerprint density at radius 1 is 1.47 bits per heavy atom. The van der Waals surface area contributed by atoms with Gasteiger partial charge in [0.05, 0.1) is 6.61 Å². The molecule has 0 fully saturated rings. The monoisotopic (exact) mass is 256 g/mol. The van der Waals surface area contributed by atoms with Crippen LogP contribution < -0.4 is 0 Å². The molecule has 0 spiro atoms. The fourth-order valence-electron chi connectivity index (χ4n) is 1.29. The van der Waals surface area contributed by atoms with Crippen LogP contribution in [0.1, 0.15) is 40.6 Å². The van der Waals surface area contributed by atoms with Gasteiger partial charge < -0.3 is 9.64 Å². The number of thiazole rings is 1. The van der Waals surface area contributed by atoms with Crippen LogP contribution in [0.25, 0.3) is 0 Å². The molecule has 94 valence electrons. The van der Waals surface area contributed by atoms with Crippen LogP contribution in [-0.4, -0.2) is 42.0 Å². The van der Waals surface area contributed by atoms with Gasteiger partial charge in [-0.05, 0) is 13.3 Å². The van der Waals surface area contributed by atoms with Gasteiger partial charge in [-0.1, -0.05) is 6.92 Å². The standard InChI is InChI=1S/C11H16N2O3S/c1-4-6-13(3)10(14)8-7-17-9(12-8)11(15)16-5-2/h7H,4-6H2,1-3H3. The summed E-state index contributed by atoms with van der Waals surface area (Å²) in [5.74, 6) is -0.645. The molecule has 0 unspecified atom stereocenters. The first kappa shape index (κ1) is 13.6. The summed E-state index contributed by atoms with van der Waals surface area (Å²) in [6.07, 6.45) is 0.886. The minimum Gasteiger partial charge on any atom is -0.461 e. The van der Waals surface area contributed by atoms with Crippen molar-refractivity contribution >= 4 is 23.2 Å². The summed E-state index contributed by atoms with van der Waals surface area (Å²) >= 11 is 1.13. The molecule has 0 saturated heterocycles. The highest BCUT2D eigenvalue weighted by Gasteiger charge is 2.18. The molecule has 0 atom stereocenters. The zero-order valence-electron chi connectivity index (χ0n) is 10.2. The van der Waals surface area contributed by atoms with Gasteiger partial charge in [-0.15, -0.1) is 11.3 Å². The Labute approximate surface area is 104 Å². The molecule has 0 aliphatic heterocycles. The molecular formula is C11H16N2O3S. The predicted octanol–water partition coefficient (Wildman–Crippen LogP) is 1.80. The average Bonchev–Trinajstić information content (AvgIpc) is 2.78. The smallest absolute Gasteiger partial charge is 0.367 e. The minimum atomic E-state index is -0.477. The van der Waals surface area contributed by atoms with Gasteiger partial charge in [0, 0.05) is 19.0 Å². The number of amides is 1. The second kappa shape index (κ2) is 6.34. The molecule has 5 nitrogen and oxygen atoms in total. The van der Waals surface area contributed by atoms with Crippen molar-refractivity contribution in [3.63, 3.8) is 0 Å². The fraction of sp³-hybridized carbons (Fsp3) is 0.545. The minimum absolute atomic E-state index is 0.168. The van der Waals surface area contributed by atoms with Crippen molar-refractivity contribution in [3.8, 4) is 0 Å². The van der Waals surface area contributed by atoms with E-state index < -0.39 is 5.97 Å². The number of esters is 1. The zero-order valence-corrected chi connectivity index (χ0v) is 11.0. The number of rotatable bonds is 5. The van der Waals surface area contributed by atoms with Crippen LogP contribution in [0.2, 0.25) is 0 Å². The maximum absolute atomic E-state index is 11.8. The highest BCUT2D eigenvalue weighted by Crippen LogP contribution is 2.12. The van der Waals surface area contributed by atoms with E-state index in [4.69, 9.17) is 4.74 Å². The third-order valence-electron chi connectivity index (χ3n) is 2.08. The Morgan fingerprint density at radius 2 is 2.18 bits per heavy atom. The van der Waals surface area contributed by atoms with E-state index >= 15 is 0 Å². The normalized spacial score (nSPS) is 10.1. The molecule has 17 heavy (non-hydrogen) atoms. The number of ether oxygens (including phenoxy) is 1. The summed E-state index contributed by atoms with van der Waals surface area (Å²) in [7, 11) is 1.72. The number of carbonyl (C=O) groups excluding carboxylic acids is 2. The Morgan fingerprint density at radius 3 is 2.76 bits per heavy atom. The molecule has 1 heterocycles. The Bertz CT molecular complexity index is 403. The largest absolute Gasteiger partial charge is 0.461 e. The van der Waals surface area contributed by atoms with Crippen molar-refractivity contribution in [2.75, 3.05) is 20.2 Å². The summed E-state index contributed by atoms with van der Waals surface area (Å²) in [4.78, 5) is 28.8. The lowest BCUT2D eigenvalue weighted by molar-refractivity contribution is 0.0526. The van der Waals surface area contributed by atoms with Gasteiger partial charge >= 0.3 is 5.97 Å². The molecule has 1 aromatic rings. The molecule has 0 bridgehead atoms. The predicted molar refractivity (Wildman–Crippen MR) is 65.3 cm³/mol. The van der Waals surface area contributed by atoms with Crippen molar-refractivity contribution in [3.05, 3.63) is 16.1 Å². The van der Waals surface area contributed by atoms with Gasteiger partial charge in [-0.3, -0.25) is 4.79 Å². The second-order valence-electron chi connectivity index (χ2n) is 3.49. The number of aromatic nitrogens is 1. The van der Waals surface area contributed by atoms with Crippen LogP contribution in [0.15, 0.2) is 5.38 Å². The maximum Gasteiger partial charge on any atom is 0.367 e. The van der Waals surface area contributed by atoms with Gasteiger partial charge in [0.1, 0.15) is 5.69 Å². The second-order valence-corrected chi connectivity index (χ2v) is 4.34. The van der Waals surface area contributed by atoms with E-state index in [-0.39, 0.29) is 10.9 Å². The molecule has 0 N–H and O–H groups in total. The van der Waals surface area contributed by atoms with Gasteiger partial charge in [0.15, 0.2) is 0 Å². The molecule has 0 saturated carbocycles. The lowest BCUT2D eigenvalue weighted by Crippen LogP contribution is -2.27. The molecule has 0 aliphatic carbocycles. The average molecular weight is 256 g/mol. The van der Waals surface area contributed by atoms with E-state index in [2.05, 4.69) is 4.98 Å². The number of nitrogens with zero attached hydrogens (tertiary/aromatic N) is 2. The quantitative estimate of drug-likeness (QED) is 0.754. The van der Waals surface area contributed by atoms with E-state index in [1.54, 1.807) is 24.3 Å². The van der Waals surface area contributed by atoms with Crippen molar-refractivity contribution in [1.29, 1.82) is 0 Å². The molecular weight excluding hydrogens is 240 g/mol. The van der Waals surface area contributed by atoms with Gasteiger partial charge in [-0.25, -0.2) is 9.78 Å². The summed E-state index contributed by atoms with van der Waals surface area (Å²) in [6.45, 7) is 4.70. The Balaban J connectivity index is 2.74. The van der Waals surface area contributed by atoms with Crippen LogP contribution >= 0.6 is 11.3 Å². The Kier molecular flexibility index (Phi) is 5.09. The third-order valence-corrected chi connectivity index (χ3v) is 2.90. The molecule has 0 aromatic carbocycles. The van der Waals surface area contributed by atoms with Gasteiger partial charge in [-0.2, -0.15) is 0 Å². The number of hydrogen-bond acceptors (Lipinski definition) is 5. The van der Waals surface area contributed by atoms with E-state index in [1.807, 2.05) is 6.92 Å². The van der Waals surface area contributed by atoms with E-state index in [0.29, 0.717) is 18.8 Å². The maximum atomic E-state index is 11.8. The van der Waals surface area contributed by atoms with Crippen molar-refractivity contribution in [2.24, 2.45) is 0 Å². The number of hydrogen-bond donors (Lipinski definition) is 0. The molecule has 1 rings (SSSR count). The SMILES string of the molecule is CCCN(C)C(=O)c1csc(C(=O)OCC)n1. The topological polar surface area (TPSA) is 59.5 Å². The first-order chi connectivity index (χ1) is 8.10. The van der Waals surface area contributed by atoms with Crippen LogP contribution in [0.5, 0.6) is 0 Å². The van der Waals surface area contributed by atoms with Crippen molar-refractivity contribution < 1.29 is 14.3 Å². The highest BCUT2D eigenvalue weighted by atomic mass is 32.1. The summed E-state index contributed by atoms with van der Waals surface area (Å²) < 4.78 is 4.81. The number of carbonyl (C=O) groups is 2. The van der Waals surface area contributed by atoms with Gasteiger partial charge in [0.25, 0.3) is 5.91 Å². The zero-order chi connectivity index (χ0) is 12.8. The Hall–Kier alpha value is -1.43. The van der Waals surface area contributed by atoms with E-state index in [0.717, 1.165) is 17.8 Å². The summed E-state index contributed by atoms with van der Waals surface area (Å²) in [5, 5.41) is 1.81. The van der Waals surface area contributed by atoms with Crippen LogP contribution in [-0.2, 0) is 4.74 Å². The first-order valence-corrected chi connectivity index (χ1v) is 6.36.